The summed E-state index contributed by atoms with van der Waals surface area (Å²) in [6.45, 7) is 4.42. The Hall–Kier alpha value is -0.570. The Morgan fingerprint density at radius 2 is 1.32 bits per heavy atom. The van der Waals surface area contributed by atoms with E-state index in [1.165, 1.54) is 57.8 Å². The number of rotatable bonds is 16. The van der Waals surface area contributed by atoms with Crippen LogP contribution in [0.15, 0.2) is 0 Å². The molecule has 0 aliphatic rings. The van der Waals surface area contributed by atoms with Gasteiger partial charge in [-0.15, -0.1) is 0 Å². The SMILES string of the molecule is CCCCCCCCCCCCCC(=O)OCC(O)CCC. The van der Waals surface area contributed by atoms with Crippen LogP contribution in [0, 0.1) is 0 Å². The molecule has 1 N–H and O–H groups in total. The maximum Gasteiger partial charge on any atom is 0.305 e. The summed E-state index contributed by atoms with van der Waals surface area (Å²) in [6.07, 6.45) is 15.7. The largest absolute Gasteiger partial charge is 0.463 e. The minimum atomic E-state index is -0.494. The fraction of sp³-hybridized carbons (Fsp3) is 0.947. The van der Waals surface area contributed by atoms with Gasteiger partial charge in [0.2, 0.25) is 0 Å². The third-order valence-electron chi connectivity index (χ3n) is 4.04. The van der Waals surface area contributed by atoms with Crippen LogP contribution in [0.5, 0.6) is 0 Å². The van der Waals surface area contributed by atoms with Crippen LogP contribution in [0.4, 0.5) is 0 Å². The molecule has 0 fully saturated rings. The topological polar surface area (TPSA) is 46.5 Å². The van der Waals surface area contributed by atoms with E-state index in [1.807, 2.05) is 6.92 Å². The van der Waals surface area contributed by atoms with E-state index in [1.54, 1.807) is 0 Å². The van der Waals surface area contributed by atoms with Gasteiger partial charge in [0.25, 0.3) is 0 Å². The van der Waals surface area contributed by atoms with E-state index in [2.05, 4.69) is 6.92 Å². The number of hydrogen-bond acceptors (Lipinski definition) is 3. The minimum absolute atomic E-state index is 0.157. The number of carbonyl (C=O) groups excluding carboxylic acids is 1. The quantitative estimate of drug-likeness (QED) is 0.307. The molecule has 0 aliphatic carbocycles. The van der Waals surface area contributed by atoms with Crippen molar-refractivity contribution in [3.8, 4) is 0 Å². The highest BCUT2D eigenvalue weighted by molar-refractivity contribution is 5.69. The lowest BCUT2D eigenvalue weighted by atomic mass is 10.1. The fourth-order valence-electron chi connectivity index (χ4n) is 2.61. The Morgan fingerprint density at radius 1 is 0.818 bits per heavy atom. The average Bonchev–Trinajstić information content (AvgIpc) is 2.51. The molecule has 0 aliphatic heterocycles. The van der Waals surface area contributed by atoms with Crippen LogP contribution in [-0.2, 0) is 9.53 Å². The lowest BCUT2D eigenvalue weighted by Gasteiger charge is -2.10. The molecule has 0 saturated carbocycles. The van der Waals surface area contributed by atoms with E-state index in [0.29, 0.717) is 12.8 Å². The first-order valence-electron chi connectivity index (χ1n) is 9.54. The van der Waals surface area contributed by atoms with Crippen molar-refractivity contribution in [2.75, 3.05) is 6.61 Å². The standard InChI is InChI=1S/C19H38O3/c1-3-5-6-7-8-9-10-11-12-13-14-16-19(21)22-17-18(20)15-4-2/h18,20H,3-17H2,1-2H3. The molecular formula is C19H38O3. The number of esters is 1. The second kappa shape index (κ2) is 16.8. The second-order valence-electron chi connectivity index (χ2n) is 6.41. The lowest BCUT2D eigenvalue weighted by molar-refractivity contribution is -0.146. The van der Waals surface area contributed by atoms with Gasteiger partial charge in [-0.25, -0.2) is 0 Å². The van der Waals surface area contributed by atoms with Crippen LogP contribution in [0.2, 0.25) is 0 Å². The van der Waals surface area contributed by atoms with Crippen molar-refractivity contribution in [2.45, 2.75) is 110 Å². The Labute approximate surface area is 137 Å². The third-order valence-corrected chi connectivity index (χ3v) is 4.04. The van der Waals surface area contributed by atoms with Crippen molar-refractivity contribution in [1.29, 1.82) is 0 Å². The van der Waals surface area contributed by atoms with E-state index < -0.39 is 6.10 Å². The summed E-state index contributed by atoms with van der Waals surface area (Å²) >= 11 is 0. The maximum atomic E-state index is 11.5. The van der Waals surface area contributed by atoms with Gasteiger partial charge in [-0.2, -0.15) is 0 Å². The van der Waals surface area contributed by atoms with Gasteiger partial charge in [-0.1, -0.05) is 84.5 Å². The zero-order valence-electron chi connectivity index (χ0n) is 14.9. The molecule has 3 nitrogen and oxygen atoms in total. The summed E-state index contributed by atoms with van der Waals surface area (Å²) < 4.78 is 5.06. The third kappa shape index (κ3) is 15.8. The number of unbranched alkanes of at least 4 members (excludes halogenated alkanes) is 10. The summed E-state index contributed by atoms with van der Waals surface area (Å²) in [5.41, 5.74) is 0. The Bertz CT molecular complexity index is 241. The first kappa shape index (κ1) is 21.4. The van der Waals surface area contributed by atoms with Gasteiger partial charge in [-0.3, -0.25) is 4.79 Å². The summed E-state index contributed by atoms with van der Waals surface area (Å²) in [4.78, 5) is 11.5. The van der Waals surface area contributed by atoms with Gasteiger partial charge in [0.05, 0.1) is 6.10 Å². The molecule has 0 heterocycles. The summed E-state index contributed by atoms with van der Waals surface area (Å²) in [7, 11) is 0. The molecule has 0 aromatic heterocycles. The number of ether oxygens (including phenoxy) is 1. The Kier molecular flexibility index (Phi) is 16.4. The smallest absolute Gasteiger partial charge is 0.305 e. The molecule has 3 heteroatoms. The molecule has 0 saturated heterocycles. The molecular weight excluding hydrogens is 276 g/mol. The molecule has 0 rings (SSSR count). The molecule has 0 aromatic rings. The zero-order valence-corrected chi connectivity index (χ0v) is 14.9. The summed E-state index contributed by atoms with van der Waals surface area (Å²) in [5, 5.41) is 9.48. The zero-order chi connectivity index (χ0) is 16.5. The van der Waals surface area contributed by atoms with Crippen LogP contribution < -0.4 is 0 Å². The molecule has 0 radical (unpaired) electrons. The van der Waals surface area contributed by atoms with Gasteiger partial charge in [0.15, 0.2) is 0 Å². The highest BCUT2D eigenvalue weighted by atomic mass is 16.5. The van der Waals surface area contributed by atoms with Gasteiger partial charge in [-0.05, 0) is 12.8 Å². The molecule has 1 unspecified atom stereocenters. The number of aliphatic hydroxyl groups excluding tert-OH is 1. The highest BCUT2D eigenvalue weighted by Gasteiger charge is 2.07. The highest BCUT2D eigenvalue weighted by Crippen LogP contribution is 2.12. The predicted molar refractivity (Wildman–Crippen MR) is 93.0 cm³/mol. The molecule has 22 heavy (non-hydrogen) atoms. The summed E-state index contributed by atoms with van der Waals surface area (Å²) in [6, 6.07) is 0. The average molecular weight is 315 g/mol. The number of aliphatic hydroxyl groups is 1. The van der Waals surface area contributed by atoms with Crippen LogP contribution in [-0.4, -0.2) is 23.8 Å². The van der Waals surface area contributed by atoms with E-state index >= 15 is 0 Å². The molecule has 0 amide bonds. The molecule has 0 spiro atoms. The van der Waals surface area contributed by atoms with E-state index in [0.717, 1.165) is 19.3 Å². The van der Waals surface area contributed by atoms with Crippen molar-refractivity contribution < 1.29 is 14.6 Å². The first-order chi connectivity index (χ1) is 10.7. The van der Waals surface area contributed by atoms with E-state index in [-0.39, 0.29) is 12.6 Å². The number of carbonyl (C=O) groups is 1. The second-order valence-corrected chi connectivity index (χ2v) is 6.41. The molecule has 132 valence electrons. The van der Waals surface area contributed by atoms with E-state index in [4.69, 9.17) is 4.74 Å². The minimum Gasteiger partial charge on any atom is -0.463 e. The monoisotopic (exact) mass is 314 g/mol. The van der Waals surface area contributed by atoms with Crippen molar-refractivity contribution in [1.82, 2.24) is 0 Å². The normalized spacial score (nSPS) is 12.3. The first-order valence-corrected chi connectivity index (χ1v) is 9.54. The molecule has 0 bridgehead atoms. The maximum absolute atomic E-state index is 11.5. The van der Waals surface area contributed by atoms with Crippen LogP contribution in [0.3, 0.4) is 0 Å². The van der Waals surface area contributed by atoms with Crippen LogP contribution >= 0.6 is 0 Å². The van der Waals surface area contributed by atoms with Crippen molar-refractivity contribution in [2.24, 2.45) is 0 Å². The lowest BCUT2D eigenvalue weighted by Crippen LogP contribution is -2.18. The fourth-order valence-corrected chi connectivity index (χ4v) is 2.61. The van der Waals surface area contributed by atoms with Crippen LogP contribution in [0.25, 0.3) is 0 Å². The Morgan fingerprint density at radius 3 is 1.82 bits per heavy atom. The Balaban J connectivity index is 3.20. The van der Waals surface area contributed by atoms with E-state index in [9.17, 15) is 9.90 Å². The van der Waals surface area contributed by atoms with Gasteiger partial charge < -0.3 is 9.84 Å². The van der Waals surface area contributed by atoms with Crippen molar-refractivity contribution in [3.05, 3.63) is 0 Å². The molecule has 1 atom stereocenters. The van der Waals surface area contributed by atoms with Crippen molar-refractivity contribution in [3.63, 3.8) is 0 Å². The van der Waals surface area contributed by atoms with Gasteiger partial charge in [0, 0.05) is 6.42 Å². The van der Waals surface area contributed by atoms with Crippen molar-refractivity contribution >= 4 is 5.97 Å². The van der Waals surface area contributed by atoms with Crippen LogP contribution in [0.1, 0.15) is 104 Å². The molecule has 0 aromatic carbocycles. The predicted octanol–water partition coefficient (Wildman–Crippen LogP) is 5.39. The van der Waals surface area contributed by atoms with Gasteiger partial charge >= 0.3 is 5.97 Å². The number of hydrogen-bond donors (Lipinski definition) is 1. The van der Waals surface area contributed by atoms with Gasteiger partial charge in [0.1, 0.15) is 6.61 Å². The summed E-state index contributed by atoms with van der Waals surface area (Å²) in [5.74, 6) is -0.161.